The van der Waals surface area contributed by atoms with E-state index >= 15 is 0 Å². The van der Waals surface area contributed by atoms with Crippen molar-refractivity contribution >= 4 is 23.4 Å². The lowest BCUT2D eigenvalue weighted by Crippen LogP contribution is -2.42. The first-order chi connectivity index (χ1) is 12.8. The smallest absolute Gasteiger partial charge is 0.253 e. The highest BCUT2D eigenvalue weighted by Gasteiger charge is 2.28. The minimum atomic E-state index is 0.00343. The number of halogens is 1. The molecule has 7 heteroatoms. The zero-order valence-electron chi connectivity index (χ0n) is 16.2. The van der Waals surface area contributed by atoms with Gasteiger partial charge in [-0.05, 0) is 51.0 Å². The van der Waals surface area contributed by atoms with Crippen LogP contribution in [0.2, 0.25) is 5.02 Å². The fourth-order valence-electron chi connectivity index (χ4n) is 3.50. The molecule has 2 amide bonds. The van der Waals surface area contributed by atoms with Gasteiger partial charge in [0.2, 0.25) is 5.91 Å². The minimum Gasteiger partial charge on any atom is -0.349 e. The fourth-order valence-corrected chi connectivity index (χ4v) is 3.62. The van der Waals surface area contributed by atoms with E-state index in [1.165, 1.54) is 0 Å². The highest BCUT2D eigenvalue weighted by atomic mass is 35.5. The average Bonchev–Trinajstić information content (AvgIpc) is 2.94. The molecule has 1 aromatic heterocycles. The summed E-state index contributed by atoms with van der Waals surface area (Å²) >= 11 is 6.21. The first kappa shape index (κ1) is 19.4. The summed E-state index contributed by atoms with van der Waals surface area (Å²) in [6, 6.07) is 7.40. The standard InChI is InChI=1S/C20H25ClN4O2/c1-13-18(21)14(2)25(22-13)17-7-5-15(6-8-17)20(27)24-11-9-16(10-12-24)19(26)23(3)4/h5-8,16H,9-12H2,1-4H3. The number of nitrogens with zero attached hydrogens (tertiary/aromatic N) is 4. The fraction of sp³-hybridized carbons (Fsp3) is 0.450. The molecule has 0 radical (unpaired) electrons. The summed E-state index contributed by atoms with van der Waals surface area (Å²) < 4.78 is 1.78. The maximum atomic E-state index is 12.8. The molecular weight excluding hydrogens is 364 g/mol. The van der Waals surface area contributed by atoms with Crippen molar-refractivity contribution in [2.24, 2.45) is 5.92 Å². The van der Waals surface area contributed by atoms with Crippen molar-refractivity contribution in [1.82, 2.24) is 19.6 Å². The van der Waals surface area contributed by atoms with Crippen LogP contribution in [0.25, 0.3) is 5.69 Å². The van der Waals surface area contributed by atoms with E-state index in [2.05, 4.69) is 5.10 Å². The lowest BCUT2D eigenvalue weighted by atomic mass is 9.95. The number of hydrogen-bond donors (Lipinski definition) is 0. The predicted octanol–water partition coefficient (Wildman–Crippen LogP) is 3.08. The van der Waals surface area contributed by atoms with E-state index in [4.69, 9.17) is 11.6 Å². The molecule has 1 aliphatic rings. The van der Waals surface area contributed by atoms with Crippen molar-refractivity contribution in [2.75, 3.05) is 27.2 Å². The molecule has 0 N–H and O–H groups in total. The van der Waals surface area contributed by atoms with E-state index in [1.54, 1.807) is 23.7 Å². The second kappa shape index (κ2) is 7.72. The average molecular weight is 389 g/mol. The summed E-state index contributed by atoms with van der Waals surface area (Å²) in [5.41, 5.74) is 3.17. The van der Waals surface area contributed by atoms with E-state index in [9.17, 15) is 9.59 Å². The first-order valence-corrected chi connectivity index (χ1v) is 9.50. The lowest BCUT2D eigenvalue weighted by molar-refractivity contribution is -0.134. The predicted molar refractivity (Wildman–Crippen MR) is 105 cm³/mol. The summed E-state index contributed by atoms with van der Waals surface area (Å²) in [5.74, 6) is 0.168. The second-order valence-electron chi connectivity index (χ2n) is 7.24. The van der Waals surface area contributed by atoms with Crippen molar-refractivity contribution < 1.29 is 9.59 Å². The van der Waals surface area contributed by atoms with Crippen molar-refractivity contribution in [1.29, 1.82) is 0 Å². The molecule has 1 saturated heterocycles. The van der Waals surface area contributed by atoms with E-state index in [0.717, 1.165) is 17.1 Å². The Kier molecular flexibility index (Phi) is 5.56. The molecular formula is C20H25ClN4O2. The molecule has 3 rings (SSSR count). The Morgan fingerprint density at radius 2 is 1.70 bits per heavy atom. The zero-order valence-corrected chi connectivity index (χ0v) is 17.0. The number of rotatable bonds is 3. The Hall–Kier alpha value is -2.34. The highest BCUT2D eigenvalue weighted by Crippen LogP contribution is 2.24. The summed E-state index contributed by atoms with van der Waals surface area (Å²) in [4.78, 5) is 28.3. The van der Waals surface area contributed by atoms with Crippen LogP contribution in [0.5, 0.6) is 0 Å². The Morgan fingerprint density at radius 1 is 1.11 bits per heavy atom. The van der Waals surface area contributed by atoms with E-state index in [1.807, 2.05) is 43.0 Å². The summed E-state index contributed by atoms with van der Waals surface area (Å²) in [6.45, 7) is 5.00. The van der Waals surface area contributed by atoms with Crippen molar-refractivity contribution in [3.8, 4) is 5.69 Å². The maximum absolute atomic E-state index is 12.8. The summed E-state index contributed by atoms with van der Waals surface area (Å²) in [5, 5.41) is 5.09. The van der Waals surface area contributed by atoms with Crippen LogP contribution in [0.3, 0.4) is 0 Å². The van der Waals surface area contributed by atoms with Crippen LogP contribution < -0.4 is 0 Å². The third-order valence-electron chi connectivity index (χ3n) is 5.13. The van der Waals surface area contributed by atoms with Crippen LogP contribution in [0, 0.1) is 19.8 Å². The van der Waals surface area contributed by atoms with Crippen molar-refractivity contribution in [2.45, 2.75) is 26.7 Å². The number of carbonyl (C=O) groups excluding carboxylic acids is 2. The molecule has 0 atom stereocenters. The van der Waals surface area contributed by atoms with Gasteiger partial charge in [-0.3, -0.25) is 9.59 Å². The van der Waals surface area contributed by atoms with Gasteiger partial charge in [-0.25, -0.2) is 4.68 Å². The molecule has 0 saturated carbocycles. The number of likely N-dealkylation sites (tertiary alicyclic amines) is 1. The van der Waals surface area contributed by atoms with Gasteiger partial charge in [-0.1, -0.05) is 11.6 Å². The van der Waals surface area contributed by atoms with E-state index in [-0.39, 0.29) is 17.7 Å². The molecule has 1 aliphatic heterocycles. The monoisotopic (exact) mass is 388 g/mol. The van der Waals surface area contributed by atoms with Crippen LogP contribution in [0.15, 0.2) is 24.3 Å². The Bertz CT molecular complexity index is 850. The van der Waals surface area contributed by atoms with Gasteiger partial charge in [0.15, 0.2) is 0 Å². The zero-order chi connectivity index (χ0) is 19.7. The number of hydrogen-bond acceptors (Lipinski definition) is 3. The van der Waals surface area contributed by atoms with E-state index in [0.29, 0.717) is 36.5 Å². The first-order valence-electron chi connectivity index (χ1n) is 9.12. The maximum Gasteiger partial charge on any atom is 0.253 e. The van der Waals surface area contributed by atoms with Crippen molar-refractivity contribution in [3.63, 3.8) is 0 Å². The number of carbonyl (C=O) groups is 2. The van der Waals surface area contributed by atoms with Crippen LogP contribution in [0.4, 0.5) is 0 Å². The summed E-state index contributed by atoms with van der Waals surface area (Å²) in [6.07, 6.45) is 1.43. The molecule has 0 unspecified atom stereocenters. The third kappa shape index (κ3) is 3.86. The third-order valence-corrected chi connectivity index (χ3v) is 5.68. The number of aryl methyl sites for hydroxylation is 1. The van der Waals surface area contributed by atoms with E-state index < -0.39 is 0 Å². The molecule has 6 nitrogen and oxygen atoms in total. The molecule has 2 heterocycles. The van der Waals surface area contributed by atoms with Crippen LogP contribution in [-0.2, 0) is 4.79 Å². The Labute approximate surface area is 164 Å². The number of aromatic nitrogens is 2. The van der Waals surface area contributed by atoms with Gasteiger partial charge in [0.1, 0.15) is 0 Å². The van der Waals surface area contributed by atoms with Crippen LogP contribution in [0.1, 0.15) is 34.6 Å². The summed E-state index contributed by atoms with van der Waals surface area (Å²) in [7, 11) is 3.55. The van der Waals surface area contributed by atoms with Crippen LogP contribution >= 0.6 is 11.6 Å². The van der Waals surface area contributed by atoms with Crippen LogP contribution in [-0.4, -0.2) is 58.6 Å². The van der Waals surface area contributed by atoms with Gasteiger partial charge in [0.05, 0.1) is 22.1 Å². The Balaban J connectivity index is 1.68. The second-order valence-corrected chi connectivity index (χ2v) is 7.62. The van der Waals surface area contributed by atoms with Gasteiger partial charge >= 0.3 is 0 Å². The van der Waals surface area contributed by atoms with Gasteiger partial charge in [0.25, 0.3) is 5.91 Å². The molecule has 1 aromatic carbocycles. The lowest BCUT2D eigenvalue weighted by Gasteiger charge is -2.32. The topological polar surface area (TPSA) is 58.4 Å². The molecule has 1 fully saturated rings. The quantitative estimate of drug-likeness (QED) is 0.811. The normalized spacial score (nSPS) is 15.1. The molecule has 144 valence electrons. The van der Waals surface area contributed by atoms with Gasteiger partial charge in [0, 0.05) is 38.7 Å². The molecule has 0 aliphatic carbocycles. The number of benzene rings is 1. The van der Waals surface area contributed by atoms with Gasteiger partial charge in [-0.15, -0.1) is 0 Å². The molecule has 0 bridgehead atoms. The SMILES string of the molecule is Cc1nn(-c2ccc(C(=O)N3CCC(C(=O)N(C)C)CC3)cc2)c(C)c1Cl. The van der Waals surface area contributed by atoms with Gasteiger partial charge in [-0.2, -0.15) is 5.10 Å². The highest BCUT2D eigenvalue weighted by molar-refractivity contribution is 6.31. The number of amides is 2. The van der Waals surface area contributed by atoms with Gasteiger partial charge < -0.3 is 9.80 Å². The largest absolute Gasteiger partial charge is 0.349 e. The number of piperidine rings is 1. The molecule has 2 aromatic rings. The molecule has 0 spiro atoms. The molecule has 27 heavy (non-hydrogen) atoms. The Morgan fingerprint density at radius 3 is 2.19 bits per heavy atom. The minimum absolute atomic E-state index is 0.00343. The van der Waals surface area contributed by atoms with Crippen molar-refractivity contribution in [3.05, 3.63) is 46.2 Å².